The van der Waals surface area contributed by atoms with Crippen molar-refractivity contribution in [3.05, 3.63) is 59.9 Å². The van der Waals surface area contributed by atoms with Crippen LogP contribution in [0.4, 0.5) is 0 Å². The summed E-state index contributed by atoms with van der Waals surface area (Å²) in [4.78, 5) is 12.6. The normalized spacial score (nSPS) is 12.4. The molecule has 0 radical (unpaired) electrons. The van der Waals surface area contributed by atoms with Gasteiger partial charge in [0, 0.05) is 18.0 Å². The minimum Gasteiger partial charge on any atom is -0.413 e. The molecule has 0 N–H and O–H groups in total. The highest BCUT2D eigenvalue weighted by atomic mass is 28.4. The van der Waals surface area contributed by atoms with Crippen LogP contribution in [-0.2, 0) is 11.0 Å². The molecule has 0 spiro atoms. The summed E-state index contributed by atoms with van der Waals surface area (Å²) in [5.41, 5.74) is 1.66. The molecule has 0 unspecified atom stereocenters. The van der Waals surface area contributed by atoms with Crippen LogP contribution in [0.2, 0.25) is 18.1 Å². The largest absolute Gasteiger partial charge is 0.413 e. The Morgan fingerprint density at radius 1 is 1.09 bits per heavy atom. The summed E-state index contributed by atoms with van der Waals surface area (Å²) in [5.74, 6) is -0.0144. The van der Waals surface area contributed by atoms with E-state index in [9.17, 15) is 4.79 Å². The molecule has 0 saturated carbocycles. The fourth-order valence-electron chi connectivity index (χ4n) is 1.94. The molecule has 2 aromatic rings. The maximum Gasteiger partial charge on any atom is 0.262 e. The summed E-state index contributed by atoms with van der Waals surface area (Å²) >= 11 is 0. The van der Waals surface area contributed by atoms with Crippen molar-refractivity contribution in [2.75, 3.05) is 0 Å². The number of carbonyl (C=O) groups is 1. The van der Waals surface area contributed by atoms with Crippen LogP contribution in [-0.4, -0.2) is 18.8 Å². The van der Waals surface area contributed by atoms with Gasteiger partial charge in [-0.15, -0.1) is 0 Å². The fraction of sp³-hybridized carbons (Fsp3) is 0.389. The van der Waals surface area contributed by atoms with Gasteiger partial charge < -0.3 is 4.43 Å². The second-order valence-corrected chi connectivity index (χ2v) is 11.9. The molecule has 118 valence electrons. The molecule has 0 fully saturated rings. The standard InChI is InChI=1S/C18H25NO2Si/c1-18(2,3)22(4,5)21-14-15-10-6-7-11-16(15)17(20)19-12-8-9-13-19/h6-13H,14H2,1-5H3. The third kappa shape index (κ3) is 3.57. The topological polar surface area (TPSA) is 31.2 Å². The molecule has 0 aliphatic heterocycles. The molecule has 2 rings (SSSR count). The van der Waals surface area contributed by atoms with Gasteiger partial charge >= 0.3 is 0 Å². The number of aromatic nitrogens is 1. The fourth-order valence-corrected chi connectivity index (χ4v) is 2.89. The van der Waals surface area contributed by atoms with E-state index in [0.29, 0.717) is 12.2 Å². The average molecular weight is 315 g/mol. The van der Waals surface area contributed by atoms with Crippen molar-refractivity contribution in [3.8, 4) is 0 Å². The van der Waals surface area contributed by atoms with Crippen LogP contribution in [0.25, 0.3) is 0 Å². The Kier molecular flexibility index (Phi) is 4.73. The molecule has 4 heteroatoms. The van der Waals surface area contributed by atoms with Gasteiger partial charge in [-0.1, -0.05) is 39.0 Å². The molecule has 0 saturated heterocycles. The average Bonchev–Trinajstić information content (AvgIpc) is 2.97. The lowest BCUT2D eigenvalue weighted by atomic mass is 10.1. The maximum absolute atomic E-state index is 12.6. The summed E-state index contributed by atoms with van der Waals surface area (Å²) < 4.78 is 7.87. The Bertz CT molecular complexity index is 639. The van der Waals surface area contributed by atoms with E-state index in [0.717, 1.165) is 5.56 Å². The van der Waals surface area contributed by atoms with E-state index in [1.165, 1.54) is 0 Å². The zero-order valence-corrected chi connectivity index (χ0v) is 15.1. The van der Waals surface area contributed by atoms with E-state index >= 15 is 0 Å². The summed E-state index contributed by atoms with van der Waals surface area (Å²) in [6.07, 6.45) is 3.54. The Morgan fingerprint density at radius 3 is 2.27 bits per heavy atom. The van der Waals surface area contributed by atoms with E-state index < -0.39 is 8.32 Å². The van der Waals surface area contributed by atoms with Crippen molar-refractivity contribution >= 4 is 14.2 Å². The van der Waals surface area contributed by atoms with Crippen molar-refractivity contribution < 1.29 is 9.22 Å². The van der Waals surface area contributed by atoms with Crippen LogP contribution in [0.5, 0.6) is 0 Å². The lowest BCUT2D eigenvalue weighted by Crippen LogP contribution is -2.40. The Balaban J connectivity index is 2.21. The molecule has 0 aliphatic rings. The maximum atomic E-state index is 12.6. The Hall–Kier alpha value is -1.65. The predicted octanol–water partition coefficient (Wildman–Crippen LogP) is 4.70. The molecule has 0 amide bonds. The highest BCUT2D eigenvalue weighted by Crippen LogP contribution is 2.37. The summed E-state index contributed by atoms with van der Waals surface area (Å²) in [7, 11) is -1.83. The molecule has 1 aromatic heterocycles. The van der Waals surface area contributed by atoms with Crippen LogP contribution in [0.3, 0.4) is 0 Å². The molecule has 3 nitrogen and oxygen atoms in total. The monoisotopic (exact) mass is 315 g/mol. The van der Waals surface area contributed by atoms with Gasteiger partial charge in [0.2, 0.25) is 0 Å². The van der Waals surface area contributed by atoms with Gasteiger partial charge in [-0.2, -0.15) is 0 Å². The molecule has 0 atom stereocenters. The Morgan fingerprint density at radius 2 is 1.68 bits per heavy atom. The first kappa shape index (κ1) is 16.7. The number of benzene rings is 1. The Labute approximate surface area is 134 Å². The van der Waals surface area contributed by atoms with Gasteiger partial charge in [0.15, 0.2) is 8.32 Å². The molecule has 0 aliphatic carbocycles. The summed E-state index contributed by atoms with van der Waals surface area (Å²) in [6, 6.07) is 11.4. The predicted molar refractivity (Wildman–Crippen MR) is 92.6 cm³/mol. The van der Waals surface area contributed by atoms with Gasteiger partial charge in [0.05, 0.1) is 6.61 Å². The first-order valence-electron chi connectivity index (χ1n) is 7.62. The van der Waals surface area contributed by atoms with Crippen molar-refractivity contribution in [1.29, 1.82) is 0 Å². The van der Waals surface area contributed by atoms with E-state index in [1.54, 1.807) is 17.0 Å². The van der Waals surface area contributed by atoms with Crippen molar-refractivity contribution in [1.82, 2.24) is 4.57 Å². The molecular weight excluding hydrogens is 290 g/mol. The number of nitrogens with zero attached hydrogens (tertiary/aromatic N) is 1. The minimum absolute atomic E-state index is 0.0144. The number of rotatable bonds is 4. The van der Waals surface area contributed by atoms with E-state index in [4.69, 9.17) is 4.43 Å². The SMILES string of the molecule is CC(C)(C)[Si](C)(C)OCc1ccccc1C(=O)n1cccc1. The first-order chi connectivity index (χ1) is 10.2. The first-order valence-corrected chi connectivity index (χ1v) is 10.5. The highest BCUT2D eigenvalue weighted by molar-refractivity contribution is 6.74. The second-order valence-electron chi connectivity index (χ2n) is 7.10. The van der Waals surface area contributed by atoms with E-state index in [1.807, 2.05) is 36.4 Å². The van der Waals surface area contributed by atoms with Gasteiger partial charge in [0.25, 0.3) is 5.91 Å². The van der Waals surface area contributed by atoms with Crippen molar-refractivity contribution in [2.24, 2.45) is 0 Å². The molecule has 0 bridgehead atoms. The van der Waals surface area contributed by atoms with Gasteiger partial charge in [0.1, 0.15) is 0 Å². The van der Waals surface area contributed by atoms with Crippen LogP contribution < -0.4 is 0 Å². The second kappa shape index (κ2) is 6.22. The number of hydrogen-bond acceptors (Lipinski definition) is 2. The molecule has 22 heavy (non-hydrogen) atoms. The van der Waals surface area contributed by atoms with Gasteiger partial charge in [-0.3, -0.25) is 9.36 Å². The quantitative estimate of drug-likeness (QED) is 0.766. The number of hydrogen-bond donors (Lipinski definition) is 0. The molecule has 1 aromatic carbocycles. The zero-order chi connectivity index (χ0) is 16.4. The van der Waals surface area contributed by atoms with Crippen LogP contribution in [0.1, 0.15) is 36.7 Å². The lowest BCUT2D eigenvalue weighted by molar-refractivity contribution is 0.0957. The van der Waals surface area contributed by atoms with E-state index in [2.05, 4.69) is 33.9 Å². The van der Waals surface area contributed by atoms with E-state index in [-0.39, 0.29) is 10.9 Å². The van der Waals surface area contributed by atoms with Crippen LogP contribution >= 0.6 is 0 Å². The summed E-state index contributed by atoms with van der Waals surface area (Å²) in [6.45, 7) is 11.6. The number of carbonyl (C=O) groups excluding carboxylic acids is 1. The van der Waals surface area contributed by atoms with Crippen LogP contribution in [0.15, 0.2) is 48.8 Å². The molecular formula is C18H25NO2Si. The van der Waals surface area contributed by atoms with Crippen molar-refractivity contribution in [2.45, 2.75) is 45.5 Å². The van der Waals surface area contributed by atoms with Gasteiger partial charge in [-0.05, 0) is 41.9 Å². The van der Waals surface area contributed by atoms with Crippen LogP contribution in [0, 0.1) is 0 Å². The smallest absolute Gasteiger partial charge is 0.262 e. The zero-order valence-electron chi connectivity index (χ0n) is 14.1. The third-order valence-electron chi connectivity index (χ3n) is 4.48. The highest BCUT2D eigenvalue weighted by Gasteiger charge is 2.37. The summed E-state index contributed by atoms with van der Waals surface area (Å²) in [5, 5.41) is 0.159. The molecule has 1 heterocycles. The third-order valence-corrected chi connectivity index (χ3v) is 8.96. The lowest BCUT2D eigenvalue weighted by Gasteiger charge is -2.36. The van der Waals surface area contributed by atoms with Gasteiger partial charge in [-0.25, -0.2) is 0 Å². The minimum atomic E-state index is -1.83. The van der Waals surface area contributed by atoms with Crippen molar-refractivity contribution in [3.63, 3.8) is 0 Å².